The molecule has 1 atom stereocenters. The van der Waals surface area contributed by atoms with Crippen LogP contribution in [0.2, 0.25) is 0 Å². The largest absolute Gasteiger partial charge is 0.481 e. The van der Waals surface area contributed by atoms with E-state index in [9.17, 15) is 14.7 Å². The molecule has 4 nitrogen and oxygen atoms in total. The molecule has 19 heavy (non-hydrogen) atoms. The average Bonchev–Trinajstić information content (AvgIpc) is 2.73. The van der Waals surface area contributed by atoms with Gasteiger partial charge in [0.25, 0.3) is 0 Å². The minimum Gasteiger partial charge on any atom is -0.481 e. The molecule has 1 aliphatic carbocycles. The van der Waals surface area contributed by atoms with Gasteiger partial charge in [-0.15, -0.1) is 0 Å². The van der Waals surface area contributed by atoms with Crippen molar-refractivity contribution in [3.63, 3.8) is 0 Å². The molecule has 0 aromatic carbocycles. The van der Waals surface area contributed by atoms with Gasteiger partial charge in [0.1, 0.15) is 5.92 Å². The number of hydrogen-bond acceptors (Lipinski definition) is 2. The smallest absolute Gasteiger partial charge is 0.316 e. The van der Waals surface area contributed by atoms with Crippen LogP contribution in [0.15, 0.2) is 0 Å². The SMILES string of the molecule is CCC1(CNC(=O)C(C(=O)O)C(C)(C)C)CCCC1. The monoisotopic (exact) mass is 269 g/mol. The molecule has 0 aliphatic heterocycles. The van der Waals surface area contributed by atoms with Crippen molar-refractivity contribution in [3.05, 3.63) is 0 Å². The highest BCUT2D eigenvalue weighted by Gasteiger charge is 2.39. The van der Waals surface area contributed by atoms with E-state index in [4.69, 9.17) is 0 Å². The van der Waals surface area contributed by atoms with E-state index in [1.165, 1.54) is 12.8 Å². The van der Waals surface area contributed by atoms with Crippen LogP contribution < -0.4 is 5.32 Å². The summed E-state index contributed by atoms with van der Waals surface area (Å²) in [5.74, 6) is -2.37. The standard InChI is InChI=1S/C15H27NO3/c1-5-15(8-6-7-9-15)10-16-12(17)11(13(18)19)14(2,3)4/h11H,5-10H2,1-4H3,(H,16,17)(H,18,19). The van der Waals surface area contributed by atoms with Crippen LogP contribution in [0.1, 0.15) is 59.8 Å². The van der Waals surface area contributed by atoms with Crippen molar-refractivity contribution in [1.29, 1.82) is 0 Å². The van der Waals surface area contributed by atoms with Gasteiger partial charge in [-0.05, 0) is 30.1 Å². The normalized spacial score (nSPS) is 20.0. The third kappa shape index (κ3) is 3.95. The predicted molar refractivity (Wildman–Crippen MR) is 74.8 cm³/mol. The van der Waals surface area contributed by atoms with E-state index in [1.54, 1.807) is 20.8 Å². The molecule has 2 N–H and O–H groups in total. The van der Waals surface area contributed by atoms with Gasteiger partial charge in [-0.25, -0.2) is 0 Å². The second-order valence-electron chi connectivity index (χ2n) is 6.92. The predicted octanol–water partition coefficient (Wildman–Crippen LogP) is 2.82. The van der Waals surface area contributed by atoms with Crippen molar-refractivity contribution in [3.8, 4) is 0 Å². The summed E-state index contributed by atoms with van der Waals surface area (Å²) in [4.78, 5) is 23.4. The molecule has 4 heteroatoms. The molecule has 0 spiro atoms. The maximum absolute atomic E-state index is 12.2. The van der Waals surface area contributed by atoms with E-state index in [0.717, 1.165) is 19.3 Å². The molecule has 1 fully saturated rings. The fourth-order valence-corrected chi connectivity index (χ4v) is 3.03. The van der Waals surface area contributed by atoms with E-state index in [2.05, 4.69) is 12.2 Å². The van der Waals surface area contributed by atoms with Crippen LogP contribution in [0.5, 0.6) is 0 Å². The van der Waals surface area contributed by atoms with Crippen molar-refractivity contribution in [1.82, 2.24) is 5.32 Å². The molecular weight excluding hydrogens is 242 g/mol. The van der Waals surface area contributed by atoms with Crippen LogP contribution in [0, 0.1) is 16.7 Å². The zero-order valence-electron chi connectivity index (χ0n) is 12.6. The first-order valence-electron chi connectivity index (χ1n) is 7.22. The van der Waals surface area contributed by atoms with Crippen LogP contribution in [0.3, 0.4) is 0 Å². The zero-order valence-corrected chi connectivity index (χ0v) is 12.6. The highest BCUT2D eigenvalue weighted by molar-refractivity contribution is 5.97. The van der Waals surface area contributed by atoms with Crippen molar-refractivity contribution >= 4 is 11.9 Å². The summed E-state index contributed by atoms with van der Waals surface area (Å²) in [7, 11) is 0. The highest BCUT2D eigenvalue weighted by atomic mass is 16.4. The molecule has 1 saturated carbocycles. The number of aliphatic carboxylic acids is 1. The van der Waals surface area contributed by atoms with Gasteiger partial charge in [0.05, 0.1) is 0 Å². The summed E-state index contributed by atoms with van der Waals surface area (Å²) in [5, 5.41) is 12.1. The number of carboxylic acid groups (broad SMARTS) is 1. The van der Waals surface area contributed by atoms with Crippen molar-refractivity contribution in [2.45, 2.75) is 59.8 Å². The highest BCUT2D eigenvalue weighted by Crippen LogP contribution is 2.40. The number of rotatable bonds is 5. The van der Waals surface area contributed by atoms with Gasteiger partial charge in [-0.1, -0.05) is 40.5 Å². The van der Waals surface area contributed by atoms with Crippen LogP contribution >= 0.6 is 0 Å². The second kappa shape index (κ2) is 5.93. The molecule has 1 amide bonds. The Morgan fingerprint density at radius 3 is 2.16 bits per heavy atom. The van der Waals surface area contributed by atoms with E-state index < -0.39 is 17.3 Å². The maximum atomic E-state index is 12.2. The summed E-state index contributed by atoms with van der Waals surface area (Å²) in [6, 6.07) is 0. The van der Waals surface area contributed by atoms with Gasteiger partial charge >= 0.3 is 5.97 Å². The van der Waals surface area contributed by atoms with E-state index in [-0.39, 0.29) is 11.3 Å². The Labute approximate surface area is 116 Å². The Morgan fingerprint density at radius 2 is 1.79 bits per heavy atom. The molecule has 1 aliphatic rings. The third-order valence-corrected chi connectivity index (χ3v) is 4.43. The number of hydrogen-bond donors (Lipinski definition) is 2. The van der Waals surface area contributed by atoms with E-state index >= 15 is 0 Å². The summed E-state index contributed by atoms with van der Waals surface area (Å²) in [6.45, 7) is 8.13. The van der Waals surface area contributed by atoms with Gasteiger partial charge < -0.3 is 10.4 Å². The topological polar surface area (TPSA) is 66.4 Å². The van der Waals surface area contributed by atoms with Crippen molar-refractivity contribution < 1.29 is 14.7 Å². The fourth-order valence-electron chi connectivity index (χ4n) is 3.03. The Morgan fingerprint density at radius 1 is 1.26 bits per heavy atom. The lowest BCUT2D eigenvalue weighted by Crippen LogP contribution is -2.45. The van der Waals surface area contributed by atoms with Crippen molar-refractivity contribution in [2.24, 2.45) is 16.7 Å². The Kier molecular flexibility index (Phi) is 4.99. The average molecular weight is 269 g/mol. The molecule has 1 unspecified atom stereocenters. The number of carbonyl (C=O) groups excluding carboxylic acids is 1. The van der Waals surface area contributed by atoms with Crippen LogP contribution in [0.25, 0.3) is 0 Å². The number of nitrogens with one attached hydrogen (secondary N) is 1. The minimum atomic E-state index is -1.04. The Balaban J connectivity index is 2.65. The van der Waals surface area contributed by atoms with Gasteiger partial charge in [0.15, 0.2) is 0 Å². The van der Waals surface area contributed by atoms with E-state index in [0.29, 0.717) is 6.54 Å². The lowest BCUT2D eigenvalue weighted by Gasteiger charge is -2.31. The lowest BCUT2D eigenvalue weighted by atomic mass is 9.79. The molecule has 0 radical (unpaired) electrons. The second-order valence-corrected chi connectivity index (χ2v) is 6.92. The number of amides is 1. The molecule has 110 valence electrons. The summed E-state index contributed by atoms with van der Waals surface area (Å²) >= 11 is 0. The molecule has 0 heterocycles. The van der Waals surface area contributed by atoms with Gasteiger partial charge in [0, 0.05) is 6.54 Å². The molecule has 0 saturated heterocycles. The van der Waals surface area contributed by atoms with Crippen LogP contribution in [-0.2, 0) is 9.59 Å². The van der Waals surface area contributed by atoms with Crippen LogP contribution in [-0.4, -0.2) is 23.5 Å². The Bertz CT molecular complexity index is 338. The van der Waals surface area contributed by atoms with E-state index in [1.807, 2.05) is 0 Å². The quantitative estimate of drug-likeness (QED) is 0.754. The molecule has 1 rings (SSSR count). The minimum absolute atomic E-state index is 0.191. The Hall–Kier alpha value is -1.06. The molecule has 0 aromatic heterocycles. The molecule has 0 bridgehead atoms. The number of carbonyl (C=O) groups is 2. The van der Waals surface area contributed by atoms with Gasteiger partial charge in [-0.3, -0.25) is 9.59 Å². The first-order chi connectivity index (χ1) is 8.72. The third-order valence-electron chi connectivity index (χ3n) is 4.43. The molecular formula is C15H27NO3. The fraction of sp³-hybridized carbons (Fsp3) is 0.867. The van der Waals surface area contributed by atoms with Gasteiger partial charge in [-0.2, -0.15) is 0 Å². The summed E-state index contributed by atoms with van der Waals surface area (Å²) in [5.41, 5.74) is -0.373. The lowest BCUT2D eigenvalue weighted by molar-refractivity contribution is -0.151. The number of carboxylic acids is 1. The first-order valence-corrected chi connectivity index (χ1v) is 7.22. The maximum Gasteiger partial charge on any atom is 0.316 e. The van der Waals surface area contributed by atoms with Gasteiger partial charge in [0.2, 0.25) is 5.91 Å². The van der Waals surface area contributed by atoms with Crippen molar-refractivity contribution in [2.75, 3.05) is 6.54 Å². The summed E-state index contributed by atoms with van der Waals surface area (Å²) < 4.78 is 0. The summed E-state index contributed by atoms with van der Waals surface area (Å²) in [6.07, 6.45) is 5.74. The zero-order chi connectivity index (χ0) is 14.7. The first kappa shape index (κ1) is 16.0. The van der Waals surface area contributed by atoms with Crippen LogP contribution in [0.4, 0.5) is 0 Å². The molecule has 0 aromatic rings.